The van der Waals surface area contributed by atoms with Crippen LogP contribution in [0.25, 0.3) is 0 Å². The second kappa shape index (κ2) is 8.45. The molecule has 2 aromatic rings. The summed E-state index contributed by atoms with van der Waals surface area (Å²) < 4.78 is 0. The number of carbonyl (C=O) groups is 1. The number of hydrogen-bond donors (Lipinski definition) is 1. The number of piperazine rings is 1. The molecule has 1 heterocycles. The topological polar surface area (TPSA) is 35.6 Å². The van der Waals surface area contributed by atoms with Gasteiger partial charge in [-0.3, -0.25) is 0 Å². The molecule has 0 atom stereocenters. The summed E-state index contributed by atoms with van der Waals surface area (Å²) in [5.74, 6) is 0. The highest BCUT2D eigenvalue weighted by atomic mass is 35.5. The number of amides is 2. The normalized spacial score (nSPS) is 14.0. The van der Waals surface area contributed by atoms with Crippen molar-refractivity contribution in [2.24, 2.45) is 0 Å². The molecule has 25 heavy (non-hydrogen) atoms. The number of benzene rings is 2. The molecular weight excluding hydrogens is 357 g/mol. The van der Waals surface area contributed by atoms with Crippen molar-refractivity contribution in [2.75, 3.05) is 36.4 Å². The second-order valence-corrected chi connectivity index (χ2v) is 6.51. The maximum Gasteiger partial charge on any atom is 0.322 e. The maximum atomic E-state index is 12.4. The van der Waals surface area contributed by atoms with E-state index in [4.69, 9.17) is 11.6 Å². The molecule has 0 radical (unpaired) electrons. The van der Waals surface area contributed by atoms with Gasteiger partial charge in [0.2, 0.25) is 0 Å². The van der Waals surface area contributed by atoms with Crippen LogP contribution >= 0.6 is 24.0 Å². The Bertz CT molecular complexity index is 743. The van der Waals surface area contributed by atoms with E-state index in [9.17, 15) is 4.79 Å². The van der Waals surface area contributed by atoms with E-state index >= 15 is 0 Å². The van der Waals surface area contributed by atoms with Gasteiger partial charge in [0.1, 0.15) is 0 Å². The van der Waals surface area contributed by atoms with Crippen LogP contribution in [0.15, 0.2) is 42.5 Å². The summed E-state index contributed by atoms with van der Waals surface area (Å²) in [4.78, 5) is 16.6. The Kier molecular flexibility index (Phi) is 6.57. The van der Waals surface area contributed by atoms with Gasteiger partial charge in [-0.25, -0.2) is 4.79 Å². The van der Waals surface area contributed by atoms with Crippen LogP contribution in [0.5, 0.6) is 0 Å². The van der Waals surface area contributed by atoms with E-state index in [1.165, 1.54) is 16.8 Å². The average molecular weight is 380 g/mol. The van der Waals surface area contributed by atoms with Crippen molar-refractivity contribution in [2.45, 2.75) is 13.8 Å². The Hall–Kier alpha value is -1.91. The van der Waals surface area contributed by atoms with Crippen molar-refractivity contribution >= 4 is 41.4 Å². The van der Waals surface area contributed by atoms with E-state index in [0.717, 1.165) is 13.1 Å². The van der Waals surface area contributed by atoms with Crippen molar-refractivity contribution in [3.63, 3.8) is 0 Å². The van der Waals surface area contributed by atoms with Crippen molar-refractivity contribution in [1.29, 1.82) is 0 Å². The molecule has 1 aliphatic heterocycles. The summed E-state index contributed by atoms with van der Waals surface area (Å²) in [5.41, 5.74) is 4.53. The number of urea groups is 1. The molecule has 1 saturated heterocycles. The molecule has 134 valence electrons. The lowest BCUT2D eigenvalue weighted by Crippen LogP contribution is -2.50. The lowest BCUT2D eigenvalue weighted by atomic mass is 10.1. The van der Waals surface area contributed by atoms with Crippen LogP contribution in [0, 0.1) is 13.8 Å². The SMILES string of the molecule is Cc1cccc(N2CCN(C(=O)Nc3ccccc3Cl)CC2)c1C.Cl. The van der Waals surface area contributed by atoms with E-state index in [1.54, 1.807) is 6.07 Å². The van der Waals surface area contributed by atoms with Gasteiger partial charge >= 0.3 is 6.03 Å². The fourth-order valence-corrected chi connectivity index (χ4v) is 3.17. The average Bonchev–Trinajstić information content (AvgIpc) is 2.59. The molecule has 0 aromatic heterocycles. The van der Waals surface area contributed by atoms with E-state index < -0.39 is 0 Å². The van der Waals surface area contributed by atoms with Crippen LogP contribution in [-0.4, -0.2) is 37.1 Å². The van der Waals surface area contributed by atoms with Crippen LogP contribution in [0.1, 0.15) is 11.1 Å². The second-order valence-electron chi connectivity index (χ2n) is 6.10. The Morgan fingerprint density at radius 1 is 1.00 bits per heavy atom. The number of halogens is 2. The highest BCUT2D eigenvalue weighted by Gasteiger charge is 2.22. The first-order valence-electron chi connectivity index (χ1n) is 8.18. The largest absolute Gasteiger partial charge is 0.368 e. The number of aryl methyl sites for hydroxylation is 1. The first-order chi connectivity index (χ1) is 11.6. The molecule has 1 N–H and O–H groups in total. The van der Waals surface area contributed by atoms with Gasteiger partial charge in [-0.2, -0.15) is 0 Å². The molecule has 2 amide bonds. The predicted molar refractivity (Wildman–Crippen MR) is 107 cm³/mol. The maximum absolute atomic E-state index is 12.4. The molecule has 0 spiro atoms. The molecule has 0 bridgehead atoms. The number of anilines is 2. The molecule has 0 aliphatic carbocycles. The minimum atomic E-state index is -0.0938. The summed E-state index contributed by atoms with van der Waals surface area (Å²) in [6.45, 7) is 7.35. The number of rotatable bonds is 2. The zero-order valence-electron chi connectivity index (χ0n) is 14.5. The fraction of sp³-hybridized carbons (Fsp3) is 0.316. The van der Waals surface area contributed by atoms with Crippen LogP contribution < -0.4 is 10.2 Å². The van der Waals surface area contributed by atoms with Crippen LogP contribution in [0.4, 0.5) is 16.2 Å². The zero-order valence-corrected chi connectivity index (χ0v) is 16.0. The summed E-state index contributed by atoms with van der Waals surface area (Å²) in [6, 6.07) is 13.6. The number of nitrogens with zero attached hydrogens (tertiary/aromatic N) is 2. The standard InChI is InChI=1S/C19H22ClN3O.ClH/c1-14-6-5-9-18(15(14)2)22-10-12-23(13-11-22)19(24)21-17-8-4-3-7-16(17)20;/h3-9H,10-13H2,1-2H3,(H,21,24);1H. The molecule has 1 fully saturated rings. The smallest absolute Gasteiger partial charge is 0.322 e. The van der Waals surface area contributed by atoms with Gasteiger partial charge in [-0.1, -0.05) is 35.9 Å². The summed E-state index contributed by atoms with van der Waals surface area (Å²) in [7, 11) is 0. The Morgan fingerprint density at radius 2 is 1.68 bits per heavy atom. The zero-order chi connectivity index (χ0) is 17.1. The molecule has 0 unspecified atom stereocenters. The van der Waals surface area contributed by atoms with E-state index in [2.05, 4.69) is 42.3 Å². The first kappa shape index (κ1) is 19.4. The van der Waals surface area contributed by atoms with Crippen molar-refractivity contribution in [3.8, 4) is 0 Å². The van der Waals surface area contributed by atoms with Gasteiger partial charge < -0.3 is 15.1 Å². The Morgan fingerprint density at radius 3 is 2.36 bits per heavy atom. The number of nitrogens with one attached hydrogen (secondary N) is 1. The monoisotopic (exact) mass is 379 g/mol. The molecule has 3 rings (SSSR count). The molecule has 0 saturated carbocycles. The van der Waals surface area contributed by atoms with E-state index in [-0.39, 0.29) is 18.4 Å². The summed E-state index contributed by atoms with van der Waals surface area (Å²) in [6.07, 6.45) is 0. The Labute approximate surface area is 160 Å². The lowest BCUT2D eigenvalue weighted by Gasteiger charge is -2.37. The van der Waals surface area contributed by atoms with Gasteiger partial charge in [-0.05, 0) is 43.2 Å². The van der Waals surface area contributed by atoms with Gasteiger partial charge in [-0.15, -0.1) is 12.4 Å². The third kappa shape index (κ3) is 4.39. The van der Waals surface area contributed by atoms with Crippen molar-refractivity contribution in [1.82, 2.24) is 4.90 Å². The van der Waals surface area contributed by atoms with Gasteiger partial charge in [0, 0.05) is 31.9 Å². The first-order valence-corrected chi connectivity index (χ1v) is 8.55. The predicted octanol–water partition coefficient (Wildman–Crippen LogP) is 4.73. The van der Waals surface area contributed by atoms with Crippen LogP contribution in [-0.2, 0) is 0 Å². The minimum absolute atomic E-state index is 0. The van der Waals surface area contributed by atoms with Gasteiger partial charge in [0.25, 0.3) is 0 Å². The fourth-order valence-electron chi connectivity index (χ4n) is 2.99. The number of carbonyl (C=O) groups excluding carboxylic acids is 1. The Balaban J connectivity index is 0.00000225. The highest BCUT2D eigenvalue weighted by Crippen LogP contribution is 2.24. The lowest BCUT2D eigenvalue weighted by molar-refractivity contribution is 0.208. The quantitative estimate of drug-likeness (QED) is 0.818. The van der Waals surface area contributed by atoms with Crippen molar-refractivity contribution < 1.29 is 4.79 Å². The van der Waals surface area contributed by atoms with Crippen LogP contribution in [0.3, 0.4) is 0 Å². The highest BCUT2D eigenvalue weighted by molar-refractivity contribution is 6.33. The molecule has 4 nitrogen and oxygen atoms in total. The third-order valence-electron chi connectivity index (χ3n) is 4.60. The minimum Gasteiger partial charge on any atom is -0.368 e. The summed E-state index contributed by atoms with van der Waals surface area (Å²) >= 11 is 6.10. The molecule has 6 heteroatoms. The van der Waals surface area contributed by atoms with Gasteiger partial charge in [0.05, 0.1) is 10.7 Å². The number of para-hydroxylation sites is 1. The third-order valence-corrected chi connectivity index (χ3v) is 4.93. The van der Waals surface area contributed by atoms with Gasteiger partial charge in [0.15, 0.2) is 0 Å². The summed E-state index contributed by atoms with van der Waals surface area (Å²) in [5, 5.41) is 3.45. The number of hydrogen-bond acceptors (Lipinski definition) is 2. The van der Waals surface area contributed by atoms with Crippen molar-refractivity contribution in [3.05, 3.63) is 58.6 Å². The van der Waals surface area contributed by atoms with E-state index in [1.807, 2.05) is 23.1 Å². The molecular formula is C19H23Cl2N3O. The van der Waals surface area contributed by atoms with Crippen LogP contribution in [0.2, 0.25) is 5.02 Å². The molecule has 1 aliphatic rings. The molecule has 2 aromatic carbocycles. The van der Waals surface area contributed by atoms with E-state index in [0.29, 0.717) is 23.8 Å².